The third-order valence-corrected chi connectivity index (χ3v) is 3.51. The van der Waals surface area contributed by atoms with Gasteiger partial charge < -0.3 is 4.74 Å². The minimum atomic E-state index is -4.07. The van der Waals surface area contributed by atoms with Crippen molar-refractivity contribution >= 4 is 39.3 Å². The fourth-order valence-electron chi connectivity index (χ4n) is 0.923. The number of carbonyl (C=O) groups excluding carboxylic acids is 1. The first kappa shape index (κ1) is 15.0. The molecule has 0 atom stereocenters. The van der Waals surface area contributed by atoms with Crippen LogP contribution >= 0.6 is 23.2 Å². The Morgan fingerprint density at radius 2 is 2.17 bits per heavy atom. The lowest BCUT2D eigenvalue weighted by molar-refractivity contribution is 0.150. The second-order valence-corrected chi connectivity index (χ2v) is 5.34. The van der Waals surface area contributed by atoms with Crippen molar-refractivity contribution in [3.63, 3.8) is 0 Å². The molecule has 2 N–H and O–H groups in total. The van der Waals surface area contributed by atoms with Gasteiger partial charge in [-0.25, -0.2) is 23.6 Å². The number of hydrogen-bond donors (Lipinski definition) is 2. The van der Waals surface area contributed by atoms with E-state index in [4.69, 9.17) is 23.2 Å². The Hall–Kier alpha value is -1.09. The molecule has 0 saturated carbocycles. The molecule has 0 aliphatic carbocycles. The lowest BCUT2D eigenvalue weighted by atomic mass is 10.5. The molecule has 0 aliphatic heterocycles. The normalized spacial score (nSPS) is 11.1. The predicted molar refractivity (Wildman–Crippen MR) is 64.7 cm³/mol. The highest BCUT2D eigenvalue weighted by atomic mass is 35.5. The van der Waals surface area contributed by atoms with Gasteiger partial charge in [-0.1, -0.05) is 23.2 Å². The van der Waals surface area contributed by atoms with E-state index in [1.54, 1.807) is 11.8 Å². The van der Waals surface area contributed by atoms with Crippen LogP contribution in [0.5, 0.6) is 0 Å². The molecule has 18 heavy (non-hydrogen) atoms. The number of pyridine rings is 1. The van der Waals surface area contributed by atoms with Gasteiger partial charge >= 0.3 is 6.09 Å². The molecule has 10 heteroatoms. The fourth-order valence-corrected chi connectivity index (χ4v) is 2.44. The number of sulfonamides is 1. The third kappa shape index (κ3) is 3.98. The second kappa shape index (κ2) is 6.19. The van der Waals surface area contributed by atoms with Crippen LogP contribution in [0.2, 0.25) is 10.2 Å². The lowest BCUT2D eigenvalue weighted by Gasteiger charge is -2.09. The Morgan fingerprint density at radius 1 is 1.50 bits per heavy atom. The fraction of sp³-hybridized carbons (Fsp3) is 0.250. The third-order valence-electron chi connectivity index (χ3n) is 1.63. The average Bonchev–Trinajstić information content (AvgIpc) is 2.30. The van der Waals surface area contributed by atoms with E-state index in [9.17, 15) is 13.2 Å². The summed E-state index contributed by atoms with van der Waals surface area (Å²) in [7, 11) is -4.07. The number of ether oxygens (including phenoxy) is 1. The van der Waals surface area contributed by atoms with Gasteiger partial charge in [0.05, 0.1) is 11.6 Å². The van der Waals surface area contributed by atoms with Crippen LogP contribution in [0.4, 0.5) is 4.79 Å². The zero-order valence-corrected chi connectivity index (χ0v) is 11.4. The van der Waals surface area contributed by atoms with Crippen molar-refractivity contribution in [1.29, 1.82) is 0 Å². The van der Waals surface area contributed by atoms with Gasteiger partial charge in [0.1, 0.15) is 10.0 Å². The average molecular weight is 314 g/mol. The molecule has 1 heterocycles. The highest BCUT2D eigenvalue weighted by molar-refractivity contribution is 7.89. The Labute approximate surface area is 113 Å². The van der Waals surface area contributed by atoms with Crippen LogP contribution in [0.3, 0.4) is 0 Å². The molecule has 0 aliphatic rings. The number of aromatic nitrogens is 1. The van der Waals surface area contributed by atoms with Crippen molar-refractivity contribution in [3.8, 4) is 0 Å². The molecule has 0 bridgehead atoms. The van der Waals surface area contributed by atoms with E-state index in [0.717, 1.165) is 6.07 Å². The Morgan fingerprint density at radius 3 is 2.78 bits per heavy atom. The molecule has 1 amide bonds. The van der Waals surface area contributed by atoms with Crippen molar-refractivity contribution in [1.82, 2.24) is 15.2 Å². The highest BCUT2D eigenvalue weighted by Crippen LogP contribution is 2.21. The maximum Gasteiger partial charge on any atom is 0.422 e. The Kier molecular flexibility index (Phi) is 5.15. The number of nitrogens with one attached hydrogen (secondary N) is 2. The van der Waals surface area contributed by atoms with E-state index >= 15 is 0 Å². The van der Waals surface area contributed by atoms with Crippen molar-refractivity contribution in [3.05, 3.63) is 22.4 Å². The van der Waals surface area contributed by atoms with Crippen LogP contribution in [0, 0.1) is 0 Å². The summed E-state index contributed by atoms with van der Waals surface area (Å²) in [5.41, 5.74) is 1.84. The Balaban J connectivity index is 2.87. The molecular formula is C8H9Cl2N3O4S. The minimum Gasteiger partial charge on any atom is -0.449 e. The van der Waals surface area contributed by atoms with E-state index in [-0.39, 0.29) is 21.7 Å². The van der Waals surface area contributed by atoms with Gasteiger partial charge in [-0.2, -0.15) is 0 Å². The van der Waals surface area contributed by atoms with Crippen molar-refractivity contribution in [2.75, 3.05) is 6.61 Å². The first-order valence-corrected chi connectivity index (χ1v) is 6.86. The zero-order chi connectivity index (χ0) is 13.8. The van der Waals surface area contributed by atoms with Gasteiger partial charge in [0.25, 0.3) is 10.0 Å². The molecule has 1 aromatic heterocycles. The quantitative estimate of drug-likeness (QED) is 0.645. The highest BCUT2D eigenvalue weighted by Gasteiger charge is 2.20. The summed E-state index contributed by atoms with van der Waals surface area (Å²) in [4.78, 5) is 16.0. The summed E-state index contributed by atoms with van der Waals surface area (Å²) in [5.74, 6) is 0. The molecule has 100 valence electrons. The van der Waals surface area contributed by atoms with Crippen molar-refractivity contribution in [2.24, 2.45) is 0 Å². The molecule has 0 unspecified atom stereocenters. The molecule has 1 aromatic rings. The monoisotopic (exact) mass is 313 g/mol. The summed E-state index contributed by atoms with van der Waals surface area (Å²) in [6, 6.07) is 1.10. The molecule has 1 rings (SSSR count). The lowest BCUT2D eigenvalue weighted by Crippen LogP contribution is -2.41. The van der Waals surface area contributed by atoms with Crippen LogP contribution < -0.4 is 10.3 Å². The van der Waals surface area contributed by atoms with Gasteiger partial charge in [0.2, 0.25) is 0 Å². The number of nitrogens with zero attached hydrogens (tertiary/aromatic N) is 1. The first-order chi connectivity index (χ1) is 8.36. The molecular weight excluding hydrogens is 305 g/mol. The van der Waals surface area contributed by atoms with E-state index in [2.05, 4.69) is 9.72 Å². The van der Waals surface area contributed by atoms with Gasteiger partial charge in [-0.05, 0) is 13.0 Å². The number of amides is 1. The number of rotatable bonds is 4. The summed E-state index contributed by atoms with van der Waals surface area (Å²) >= 11 is 11.2. The number of carbonyl (C=O) groups is 1. The molecule has 0 saturated heterocycles. The predicted octanol–water partition coefficient (Wildman–Crippen LogP) is 1.33. The smallest absolute Gasteiger partial charge is 0.422 e. The van der Waals surface area contributed by atoms with Gasteiger partial charge in [-0.15, -0.1) is 4.83 Å². The van der Waals surface area contributed by atoms with Gasteiger partial charge in [0, 0.05) is 6.20 Å². The largest absolute Gasteiger partial charge is 0.449 e. The second-order valence-electron chi connectivity index (χ2n) is 2.89. The van der Waals surface area contributed by atoms with Crippen LogP contribution in [0.25, 0.3) is 0 Å². The van der Waals surface area contributed by atoms with Crippen LogP contribution in [0.15, 0.2) is 17.2 Å². The summed E-state index contributed by atoms with van der Waals surface area (Å²) in [5, 5.41) is -0.173. The number of hydrazine groups is 1. The van der Waals surface area contributed by atoms with Crippen LogP contribution in [-0.2, 0) is 14.8 Å². The van der Waals surface area contributed by atoms with Gasteiger partial charge in [-0.3, -0.25) is 0 Å². The Bertz CT molecular complexity index is 549. The number of hydrogen-bond acceptors (Lipinski definition) is 5. The maximum absolute atomic E-state index is 11.7. The van der Waals surface area contributed by atoms with Crippen molar-refractivity contribution in [2.45, 2.75) is 11.8 Å². The molecule has 0 spiro atoms. The first-order valence-electron chi connectivity index (χ1n) is 4.62. The molecule has 0 fully saturated rings. The van der Waals surface area contributed by atoms with Crippen LogP contribution in [-0.4, -0.2) is 26.1 Å². The standard InChI is InChI=1S/C8H9Cl2N3O4S/c1-2-17-8(14)12-13-18(15,16)6-3-5(9)4-11-7(6)10/h3-4,13H,2H2,1H3,(H,12,14). The topological polar surface area (TPSA) is 97.4 Å². The van der Waals surface area contributed by atoms with E-state index < -0.39 is 16.1 Å². The molecule has 7 nitrogen and oxygen atoms in total. The van der Waals surface area contributed by atoms with Crippen LogP contribution in [0.1, 0.15) is 6.92 Å². The minimum absolute atomic E-state index is 0.0934. The van der Waals surface area contributed by atoms with E-state index in [1.165, 1.54) is 6.20 Å². The maximum atomic E-state index is 11.7. The van der Waals surface area contributed by atoms with E-state index in [1.807, 2.05) is 5.43 Å². The summed E-state index contributed by atoms with van der Waals surface area (Å²) < 4.78 is 28.0. The van der Waals surface area contributed by atoms with Crippen molar-refractivity contribution < 1.29 is 17.9 Å². The van der Waals surface area contributed by atoms with E-state index in [0.29, 0.717) is 0 Å². The SMILES string of the molecule is CCOC(=O)NNS(=O)(=O)c1cc(Cl)cnc1Cl. The molecule has 0 aromatic carbocycles. The zero-order valence-electron chi connectivity index (χ0n) is 9.11. The number of halogens is 2. The summed E-state index contributed by atoms with van der Waals surface area (Å²) in [6.07, 6.45) is 0.258. The molecule has 0 radical (unpaired) electrons. The van der Waals surface area contributed by atoms with Gasteiger partial charge in [0.15, 0.2) is 0 Å². The summed E-state index contributed by atoms with van der Waals surface area (Å²) in [6.45, 7) is 1.68.